The zero-order valence-electron chi connectivity index (χ0n) is 13.5. The van der Waals surface area contributed by atoms with Crippen molar-refractivity contribution in [1.82, 2.24) is 15.1 Å². The van der Waals surface area contributed by atoms with E-state index in [0.29, 0.717) is 22.8 Å². The van der Waals surface area contributed by atoms with Crippen molar-refractivity contribution in [3.63, 3.8) is 0 Å². The molecule has 0 fully saturated rings. The lowest BCUT2D eigenvalue weighted by Crippen LogP contribution is -2.42. The number of halogens is 2. The third kappa shape index (κ3) is 4.55. The van der Waals surface area contributed by atoms with Gasteiger partial charge in [0.1, 0.15) is 11.9 Å². The largest absolute Gasteiger partial charge is 0.480 e. The van der Waals surface area contributed by atoms with Crippen LogP contribution in [-0.2, 0) is 11.3 Å². The van der Waals surface area contributed by atoms with Gasteiger partial charge >= 0.3 is 5.97 Å². The van der Waals surface area contributed by atoms with Crippen molar-refractivity contribution in [3.05, 3.63) is 40.8 Å². The highest BCUT2D eigenvalue weighted by Crippen LogP contribution is 2.29. The maximum Gasteiger partial charge on any atom is 0.322 e. The zero-order chi connectivity index (χ0) is 18.6. The molecule has 0 aliphatic rings. The van der Waals surface area contributed by atoms with Gasteiger partial charge in [-0.25, -0.2) is 4.39 Å². The molecule has 2 rings (SSSR count). The van der Waals surface area contributed by atoms with Crippen LogP contribution in [-0.4, -0.2) is 39.4 Å². The molecule has 0 saturated heterocycles. The molecule has 0 aliphatic heterocycles. The monoisotopic (exact) mass is 368 g/mol. The molecule has 0 radical (unpaired) electrons. The molecule has 1 heterocycles. The van der Waals surface area contributed by atoms with Crippen LogP contribution in [0, 0.1) is 5.82 Å². The molecule has 7 nitrogen and oxygen atoms in total. The average Bonchev–Trinajstić information content (AvgIpc) is 2.92. The van der Waals surface area contributed by atoms with Gasteiger partial charge in [-0.1, -0.05) is 18.5 Å². The highest BCUT2D eigenvalue weighted by atomic mass is 35.5. The van der Waals surface area contributed by atoms with Gasteiger partial charge in [0, 0.05) is 24.2 Å². The molecule has 4 N–H and O–H groups in total. The fourth-order valence-electron chi connectivity index (χ4n) is 2.28. The lowest BCUT2D eigenvalue weighted by atomic mass is 10.1. The number of carboxylic acid groups (broad SMARTS) is 1. The van der Waals surface area contributed by atoms with Gasteiger partial charge in [0.25, 0.3) is 5.91 Å². The lowest BCUT2D eigenvalue weighted by molar-refractivity contribution is -0.138. The standard InChI is InChI=1S/C16H18ClFN4O3/c1-2-3-22-14(12(17)7-21-22)9-4-10(6-11(18)5-9)15(23)20-8-13(19)16(24)25/h4-7,13H,2-3,8,19H2,1H3,(H,20,23)(H,24,25)/t13-/m1/s1. The molecule has 25 heavy (non-hydrogen) atoms. The van der Waals surface area contributed by atoms with Crippen LogP contribution < -0.4 is 11.1 Å². The third-order valence-electron chi connectivity index (χ3n) is 3.46. The summed E-state index contributed by atoms with van der Waals surface area (Å²) in [4.78, 5) is 22.8. The number of benzene rings is 1. The number of amides is 1. The van der Waals surface area contributed by atoms with E-state index in [0.717, 1.165) is 12.5 Å². The van der Waals surface area contributed by atoms with Gasteiger partial charge in [0.2, 0.25) is 0 Å². The summed E-state index contributed by atoms with van der Waals surface area (Å²) in [5.41, 5.74) is 6.29. The number of rotatable bonds is 7. The Kier molecular flexibility index (Phi) is 6.11. The summed E-state index contributed by atoms with van der Waals surface area (Å²) in [6.45, 7) is 2.29. The van der Waals surface area contributed by atoms with Crippen LogP contribution in [0.25, 0.3) is 11.3 Å². The molecule has 134 valence electrons. The van der Waals surface area contributed by atoms with E-state index in [1.807, 2.05) is 6.92 Å². The third-order valence-corrected chi connectivity index (χ3v) is 3.74. The van der Waals surface area contributed by atoms with Crippen LogP contribution in [0.5, 0.6) is 0 Å². The minimum Gasteiger partial charge on any atom is -0.480 e. The molecule has 1 atom stereocenters. The van der Waals surface area contributed by atoms with Crippen molar-refractivity contribution in [1.29, 1.82) is 0 Å². The number of nitrogens with zero attached hydrogens (tertiary/aromatic N) is 2. The van der Waals surface area contributed by atoms with E-state index >= 15 is 0 Å². The quantitative estimate of drug-likeness (QED) is 0.691. The summed E-state index contributed by atoms with van der Waals surface area (Å²) >= 11 is 6.15. The number of nitrogens with one attached hydrogen (secondary N) is 1. The maximum atomic E-state index is 14.0. The number of aromatic nitrogens is 2. The highest BCUT2D eigenvalue weighted by molar-refractivity contribution is 6.33. The second-order valence-electron chi connectivity index (χ2n) is 5.45. The molecule has 1 amide bonds. The predicted molar refractivity (Wildman–Crippen MR) is 90.9 cm³/mol. The minimum absolute atomic E-state index is 0.0351. The van der Waals surface area contributed by atoms with Gasteiger partial charge in [0.05, 0.1) is 16.9 Å². The fourth-order valence-corrected chi connectivity index (χ4v) is 2.53. The molecule has 0 aliphatic carbocycles. The van der Waals surface area contributed by atoms with Gasteiger partial charge in [-0.3, -0.25) is 14.3 Å². The van der Waals surface area contributed by atoms with Gasteiger partial charge in [0.15, 0.2) is 0 Å². The Morgan fingerprint density at radius 3 is 2.80 bits per heavy atom. The van der Waals surface area contributed by atoms with Crippen LogP contribution in [0.15, 0.2) is 24.4 Å². The van der Waals surface area contributed by atoms with Gasteiger partial charge < -0.3 is 16.2 Å². The summed E-state index contributed by atoms with van der Waals surface area (Å²) in [7, 11) is 0. The Hall–Kier alpha value is -2.45. The summed E-state index contributed by atoms with van der Waals surface area (Å²) < 4.78 is 15.6. The first kappa shape index (κ1) is 18.9. The number of aliphatic carboxylic acids is 1. The van der Waals surface area contributed by atoms with E-state index in [2.05, 4.69) is 10.4 Å². The van der Waals surface area contributed by atoms with Gasteiger partial charge in [-0.05, 0) is 24.6 Å². The Labute approximate surface area is 148 Å². The maximum absolute atomic E-state index is 14.0. The van der Waals surface area contributed by atoms with E-state index in [1.54, 1.807) is 4.68 Å². The number of hydrogen-bond acceptors (Lipinski definition) is 4. The second-order valence-corrected chi connectivity index (χ2v) is 5.85. The summed E-state index contributed by atoms with van der Waals surface area (Å²) in [5, 5.41) is 15.6. The first-order valence-electron chi connectivity index (χ1n) is 7.62. The van der Waals surface area contributed by atoms with Crippen LogP contribution in [0.4, 0.5) is 4.39 Å². The number of carboxylic acids is 1. The number of carbonyl (C=O) groups is 2. The van der Waals surface area contributed by atoms with Crippen molar-refractivity contribution < 1.29 is 19.1 Å². The lowest BCUT2D eigenvalue weighted by Gasteiger charge is -2.11. The Balaban J connectivity index is 2.30. The minimum atomic E-state index is -1.24. The van der Waals surface area contributed by atoms with Crippen molar-refractivity contribution in [2.24, 2.45) is 5.73 Å². The number of hydrogen-bond donors (Lipinski definition) is 3. The first-order valence-corrected chi connectivity index (χ1v) is 8.00. The molecule has 0 saturated carbocycles. The molecular weight excluding hydrogens is 351 g/mol. The van der Waals surface area contributed by atoms with Gasteiger partial charge in [-0.15, -0.1) is 0 Å². The SMILES string of the molecule is CCCn1ncc(Cl)c1-c1cc(F)cc(C(=O)NC[C@@H](N)C(=O)O)c1. The zero-order valence-corrected chi connectivity index (χ0v) is 14.3. The van der Waals surface area contributed by atoms with Crippen LogP contribution in [0.3, 0.4) is 0 Å². The molecule has 2 aromatic rings. The molecule has 0 unspecified atom stereocenters. The number of aryl methyl sites for hydroxylation is 1. The normalized spacial score (nSPS) is 12.0. The van der Waals surface area contributed by atoms with Crippen molar-refractivity contribution in [2.45, 2.75) is 25.9 Å². The van der Waals surface area contributed by atoms with E-state index in [4.69, 9.17) is 22.4 Å². The number of carbonyl (C=O) groups excluding carboxylic acids is 1. The topological polar surface area (TPSA) is 110 Å². The highest BCUT2D eigenvalue weighted by Gasteiger charge is 2.17. The Morgan fingerprint density at radius 2 is 2.16 bits per heavy atom. The number of nitrogens with two attached hydrogens (primary N) is 1. The van der Waals surface area contributed by atoms with Crippen LogP contribution >= 0.6 is 11.6 Å². The molecule has 0 bridgehead atoms. The second kappa shape index (κ2) is 8.09. The van der Waals surface area contributed by atoms with E-state index in [9.17, 15) is 14.0 Å². The summed E-state index contributed by atoms with van der Waals surface area (Å²) in [6.07, 6.45) is 2.27. The fraction of sp³-hybridized carbons (Fsp3) is 0.312. The molecule has 1 aromatic heterocycles. The Bertz CT molecular complexity index is 794. The van der Waals surface area contributed by atoms with Crippen LogP contribution in [0.1, 0.15) is 23.7 Å². The molecule has 1 aromatic carbocycles. The first-order chi connectivity index (χ1) is 11.8. The summed E-state index contributed by atoms with van der Waals surface area (Å²) in [6, 6.07) is 2.55. The van der Waals surface area contributed by atoms with E-state index in [-0.39, 0.29) is 12.1 Å². The van der Waals surface area contributed by atoms with Crippen molar-refractivity contribution in [2.75, 3.05) is 6.54 Å². The summed E-state index contributed by atoms with van der Waals surface area (Å²) in [5.74, 6) is -2.49. The van der Waals surface area contributed by atoms with E-state index < -0.39 is 23.7 Å². The van der Waals surface area contributed by atoms with Crippen molar-refractivity contribution in [3.8, 4) is 11.3 Å². The van der Waals surface area contributed by atoms with Crippen molar-refractivity contribution >= 4 is 23.5 Å². The predicted octanol–water partition coefficient (Wildman–Crippen LogP) is 1.89. The van der Waals surface area contributed by atoms with Crippen LogP contribution in [0.2, 0.25) is 5.02 Å². The molecule has 0 spiro atoms. The Morgan fingerprint density at radius 1 is 1.44 bits per heavy atom. The molecule has 9 heteroatoms. The smallest absolute Gasteiger partial charge is 0.322 e. The van der Waals surface area contributed by atoms with E-state index in [1.165, 1.54) is 18.3 Å². The average molecular weight is 369 g/mol. The molecular formula is C16H18ClFN4O3. The van der Waals surface area contributed by atoms with Gasteiger partial charge in [-0.2, -0.15) is 5.10 Å².